The van der Waals surface area contributed by atoms with Gasteiger partial charge in [0.25, 0.3) is 0 Å². The summed E-state index contributed by atoms with van der Waals surface area (Å²) in [7, 11) is 0. The molecule has 0 unspecified atom stereocenters. The zero-order valence-corrected chi connectivity index (χ0v) is 75.6. The second kappa shape index (κ2) is 46.1. The van der Waals surface area contributed by atoms with Crippen LogP contribution in [0.15, 0.2) is 437 Å². The number of hydrogen-bond donors (Lipinski definition) is 0. The van der Waals surface area contributed by atoms with E-state index in [1.165, 1.54) is 200 Å². The highest BCUT2D eigenvalue weighted by Gasteiger charge is 2.08. The van der Waals surface area contributed by atoms with Gasteiger partial charge in [0.05, 0.1) is 0 Å². The first-order valence-electron chi connectivity index (χ1n) is 43.3. The molecule has 0 nitrogen and oxygen atoms in total. The molecule has 18 aromatic carbocycles. The van der Waals surface area contributed by atoms with Crippen LogP contribution in [-0.4, -0.2) is 0 Å². The van der Waals surface area contributed by atoms with Gasteiger partial charge in [-0.15, -0.1) is 0 Å². The van der Waals surface area contributed by atoms with Crippen LogP contribution in [0.25, 0.3) is 111 Å². The summed E-state index contributed by atoms with van der Waals surface area (Å²) in [5, 5.41) is 0. The van der Waals surface area contributed by atoms with E-state index >= 15 is 0 Å². The first-order chi connectivity index (χ1) is 60.0. The fraction of sp³-hybridized carbons (Fsp3) is 0.129. The smallest absolute Gasteiger partial charge is 0.0152 e. The van der Waals surface area contributed by atoms with Gasteiger partial charge in [0.15, 0.2) is 0 Å². The summed E-state index contributed by atoms with van der Waals surface area (Å²) in [6.45, 7) is 34.0. The quantitative estimate of drug-likeness (QED) is 0.128. The molecule has 18 aromatic rings. The van der Waals surface area contributed by atoms with Crippen molar-refractivity contribution in [2.75, 3.05) is 0 Å². The van der Waals surface area contributed by atoms with Crippen LogP contribution in [0.5, 0.6) is 0 Å². The predicted molar refractivity (Wildman–Crippen MR) is 542 cm³/mol. The largest absolute Gasteiger partial charge is 0.0620 e. The fourth-order valence-corrected chi connectivity index (χ4v) is 14.5. The lowest BCUT2D eigenvalue weighted by atomic mass is 9.97. The highest BCUT2D eigenvalue weighted by Crippen LogP contribution is 2.32. The van der Waals surface area contributed by atoms with Crippen molar-refractivity contribution in [3.05, 3.63) is 526 Å². The van der Waals surface area contributed by atoms with Gasteiger partial charge < -0.3 is 0 Å². The Bertz CT molecular complexity index is 6040. The second-order valence-electron chi connectivity index (χ2n) is 32.8. The van der Waals surface area contributed by atoms with E-state index in [1.54, 1.807) is 0 Å². The molecule has 0 N–H and O–H groups in total. The van der Waals surface area contributed by atoms with Crippen molar-refractivity contribution in [3.63, 3.8) is 0 Å². The summed E-state index contributed by atoms with van der Waals surface area (Å²) in [6, 6.07) is 155. The highest BCUT2D eigenvalue weighted by atomic mass is 14.1. The Balaban J connectivity index is 0.000000139. The molecule has 0 saturated heterocycles. The van der Waals surface area contributed by atoms with Crippen LogP contribution in [0.1, 0.15) is 89.0 Å². The molecule has 18 rings (SSSR count). The SMILES string of the molecule is Cc1ccc(-c2ccc(-c3ccc(C)cc3)cc2)cc1.Cc1ccc(-c2ccc(C)cc2)cc1.Cc1ccc(-c2cccc(-c3ccc(C)cc3)c2)cc1.Cc1ccc(-c2cccc(C)c2)cc1.Cc1ccc(-c2ccccc2C)cc1.Cc1cccc(-c2cccc(C)c2)c1.Cc1cccc(-c2ccccc2C)c1.Cc1ccccc1-c1ccccc1C. The molecule has 0 aromatic heterocycles. The zero-order valence-electron chi connectivity index (χ0n) is 75.6. The van der Waals surface area contributed by atoms with Gasteiger partial charge in [-0.1, -0.05) is 497 Å². The van der Waals surface area contributed by atoms with Gasteiger partial charge in [-0.05, 0) is 250 Å². The number of aryl methyl sites for hydroxylation is 16. The summed E-state index contributed by atoms with van der Waals surface area (Å²) in [5.74, 6) is 0. The minimum absolute atomic E-state index is 1.26. The minimum Gasteiger partial charge on any atom is -0.0620 e. The Hall–Kier alpha value is -14.0. The molecule has 0 saturated carbocycles. The van der Waals surface area contributed by atoms with E-state index in [0.29, 0.717) is 0 Å². The minimum atomic E-state index is 1.26. The van der Waals surface area contributed by atoms with E-state index in [1.807, 2.05) is 0 Å². The van der Waals surface area contributed by atoms with Gasteiger partial charge in [-0.3, -0.25) is 0 Å². The average Bonchev–Trinajstić information content (AvgIpc) is 0.829. The first kappa shape index (κ1) is 90.7. The second-order valence-corrected chi connectivity index (χ2v) is 32.8. The monoisotopic (exact) mass is 1610 g/mol. The first-order valence-corrected chi connectivity index (χ1v) is 43.3. The molecule has 0 amide bonds. The van der Waals surface area contributed by atoms with E-state index in [-0.39, 0.29) is 0 Å². The number of rotatable bonds is 10. The lowest BCUT2D eigenvalue weighted by Gasteiger charge is -2.08. The maximum Gasteiger partial charge on any atom is -0.0152 e. The Morgan fingerprint density at radius 3 is 0.468 bits per heavy atom. The Labute approximate surface area is 742 Å². The molecular formula is C124H120. The van der Waals surface area contributed by atoms with Crippen molar-refractivity contribution in [1.82, 2.24) is 0 Å². The van der Waals surface area contributed by atoms with Gasteiger partial charge in [0, 0.05) is 0 Å². The van der Waals surface area contributed by atoms with E-state index in [0.717, 1.165) is 0 Å². The molecule has 0 aliphatic rings. The van der Waals surface area contributed by atoms with Crippen LogP contribution in [0, 0.1) is 111 Å². The lowest BCUT2D eigenvalue weighted by Crippen LogP contribution is -1.85. The fourth-order valence-electron chi connectivity index (χ4n) is 14.5. The van der Waals surface area contributed by atoms with E-state index in [2.05, 4.69) is 548 Å². The van der Waals surface area contributed by atoms with E-state index in [9.17, 15) is 0 Å². The summed E-state index contributed by atoms with van der Waals surface area (Å²) < 4.78 is 0. The van der Waals surface area contributed by atoms with Crippen LogP contribution < -0.4 is 0 Å². The third-order valence-corrected chi connectivity index (χ3v) is 22.1. The van der Waals surface area contributed by atoms with E-state index in [4.69, 9.17) is 0 Å². The molecule has 0 spiro atoms. The normalized spacial score (nSPS) is 10.3. The molecule has 0 aliphatic carbocycles. The van der Waals surface area contributed by atoms with Gasteiger partial charge >= 0.3 is 0 Å². The number of benzene rings is 18. The molecular weight excluding hydrogens is 1490 g/mol. The van der Waals surface area contributed by atoms with Crippen LogP contribution in [0.4, 0.5) is 0 Å². The third-order valence-electron chi connectivity index (χ3n) is 22.1. The summed E-state index contributed by atoms with van der Waals surface area (Å²) in [6.07, 6.45) is 0. The molecule has 0 heteroatoms. The van der Waals surface area contributed by atoms with Gasteiger partial charge in [0.1, 0.15) is 0 Å². The van der Waals surface area contributed by atoms with Gasteiger partial charge in [-0.2, -0.15) is 0 Å². The molecule has 0 bridgehead atoms. The lowest BCUT2D eigenvalue weighted by molar-refractivity contribution is 1.41. The summed E-state index contributed by atoms with van der Waals surface area (Å²) in [5.41, 5.74) is 46.8. The maximum atomic E-state index is 2.26. The van der Waals surface area contributed by atoms with Crippen molar-refractivity contribution < 1.29 is 0 Å². The van der Waals surface area contributed by atoms with E-state index < -0.39 is 0 Å². The topological polar surface area (TPSA) is 0 Å². The van der Waals surface area contributed by atoms with Crippen molar-refractivity contribution >= 4 is 0 Å². The molecule has 0 heterocycles. The highest BCUT2D eigenvalue weighted by molar-refractivity contribution is 5.76. The molecule has 0 atom stereocenters. The molecule has 0 radical (unpaired) electrons. The Morgan fingerprint density at radius 1 is 0.0887 bits per heavy atom. The van der Waals surface area contributed by atoms with Crippen LogP contribution in [0.3, 0.4) is 0 Å². The molecule has 0 aliphatic heterocycles. The Morgan fingerprint density at radius 2 is 0.242 bits per heavy atom. The molecule has 0 fully saturated rings. The number of hydrogen-bond acceptors (Lipinski definition) is 0. The summed E-state index contributed by atoms with van der Waals surface area (Å²) in [4.78, 5) is 0. The van der Waals surface area contributed by atoms with Crippen molar-refractivity contribution in [2.45, 2.75) is 111 Å². The third kappa shape index (κ3) is 28.0. The van der Waals surface area contributed by atoms with Gasteiger partial charge in [0.2, 0.25) is 0 Å². The molecule has 124 heavy (non-hydrogen) atoms. The van der Waals surface area contributed by atoms with Crippen LogP contribution in [-0.2, 0) is 0 Å². The molecule has 616 valence electrons. The summed E-state index contributed by atoms with van der Waals surface area (Å²) >= 11 is 0. The predicted octanol–water partition coefficient (Wildman–Crippen LogP) is 35.1. The van der Waals surface area contributed by atoms with Crippen molar-refractivity contribution in [3.8, 4) is 111 Å². The van der Waals surface area contributed by atoms with Crippen LogP contribution in [0.2, 0.25) is 0 Å². The Kier molecular flexibility index (Phi) is 33.7. The van der Waals surface area contributed by atoms with Gasteiger partial charge in [-0.25, -0.2) is 0 Å². The zero-order chi connectivity index (χ0) is 87.7. The average molecular weight is 1610 g/mol. The van der Waals surface area contributed by atoms with Crippen molar-refractivity contribution in [2.24, 2.45) is 0 Å². The maximum absolute atomic E-state index is 2.26. The van der Waals surface area contributed by atoms with Crippen LogP contribution >= 0.6 is 0 Å². The van der Waals surface area contributed by atoms with Crippen molar-refractivity contribution in [1.29, 1.82) is 0 Å². The standard InChI is InChI=1S/2C20H18.6C14H14/c1-15-3-7-17(8-4-15)19-11-13-20(14-12-19)18-9-5-16(2)6-10-18;1-15-6-10-17(11-7-15)19-4-3-5-20(14-19)18-12-8-16(2)9-13-18;1-11-3-7-13(8-4-11)14-9-5-12(2)6-10-14;1-11-5-3-7-13(9-11)14-8-4-6-12(2)10-14;1-11-7-3-5-9-13(11)14-10-6-4-8-12(14)2;1-11-6-5-8-13(10-11)14-9-4-3-7-12(14)2;1-11-6-8-13(9-7-11)14-5-3-4-12(2)10-14;1-11-7-9-13(10-8-11)14-6-4-3-5-12(14)2/h2*3-14H,1-2H3;6*3-10H,1-2H3.